The monoisotopic (exact) mass is 209 g/mol. The van der Waals surface area contributed by atoms with Gasteiger partial charge in [-0.25, -0.2) is 4.98 Å². The molecule has 1 rings (SSSR count). The van der Waals surface area contributed by atoms with Crippen LogP contribution in [-0.4, -0.2) is 4.98 Å². The fourth-order valence-corrected chi connectivity index (χ4v) is 0.662. The van der Waals surface area contributed by atoms with E-state index < -0.39 is 17.8 Å². The van der Waals surface area contributed by atoms with Gasteiger partial charge in [0.05, 0.1) is 0 Å². The van der Waals surface area contributed by atoms with Crippen molar-refractivity contribution >= 4 is 0 Å². The highest BCUT2D eigenvalue weighted by Gasteiger charge is 2.32. The van der Waals surface area contributed by atoms with E-state index in [0.29, 0.717) is 0 Å². The molecule has 0 amide bonds. The SMILES string of the molecule is CC.Cc1ccc(C(F)(F)F)nc1F. The first-order valence-corrected chi connectivity index (χ1v) is 4.11. The lowest BCUT2D eigenvalue weighted by Gasteiger charge is -2.05. The normalized spacial score (nSPS) is 10.5. The average molecular weight is 209 g/mol. The minimum absolute atomic E-state index is 0.100. The minimum atomic E-state index is -4.57. The molecule has 1 aromatic heterocycles. The van der Waals surface area contributed by atoms with Crippen LogP contribution in [0.15, 0.2) is 12.1 Å². The van der Waals surface area contributed by atoms with Gasteiger partial charge in [-0.2, -0.15) is 17.6 Å². The van der Waals surface area contributed by atoms with E-state index in [4.69, 9.17) is 0 Å². The molecule has 0 N–H and O–H groups in total. The zero-order chi connectivity index (χ0) is 11.4. The van der Waals surface area contributed by atoms with Crippen LogP contribution in [0.5, 0.6) is 0 Å². The zero-order valence-corrected chi connectivity index (χ0v) is 8.11. The van der Waals surface area contributed by atoms with Gasteiger partial charge in [-0.1, -0.05) is 19.9 Å². The molecule has 0 saturated carbocycles. The molecule has 1 aromatic rings. The number of hydrogen-bond donors (Lipinski definition) is 0. The first-order chi connectivity index (χ1) is 6.41. The molecule has 0 aromatic carbocycles. The second-order valence-electron chi connectivity index (χ2n) is 2.30. The highest BCUT2D eigenvalue weighted by molar-refractivity contribution is 5.15. The summed E-state index contributed by atoms with van der Waals surface area (Å²) in [6.45, 7) is 5.35. The third-order valence-corrected chi connectivity index (χ3v) is 1.33. The molecule has 1 nitrogen and oxygen atoms in total. The molecule has 0 aliphatic rings. The molecule has 0 aliphatic carbocycles. The smallest absolute Gasteiger partial charge is 0.215 e. The number of halogens is 4. The second-order valence-corrected chi connectivity index (χ2v) is 2.30. The molecule has 0 fully saturated rings. The molecule has 0 spiro atoms. The molecular weight excluding hydrogens is 198 g/mol. The zero-order valence-electron chi connectivity index (χ0n) is 8.11. The number of alkyl halides is 3. The van der Waals surface area contributed by atoms with Gasteiger partial charge in [-0.3, -0.25) is 0 Å². The van der Waals surface area contributed by atoms with E-state index in [9.17, 15) is 17.6 Å². The summed E-state index contributed by atoms with van der Waals surface area (Å²) in [7, 11) is 0. The molecule has 14 heavy (non-hydrogen) atoms. The Morgan fingerprint density at radius 2 is 1.64 bits per heavy atom. The topological polar surface area (TPSA) is 12.9 Å². The first kappa shape index (κ1) is 12.9. The Morgan fingerprint density at radius 3 is 2.00 bits per heavy atom. The Bertz CT molecular complexity index is 293. The summed E-state index contributed by atoms with van der Waals surface area (Å²) in [5.74, 6) is -1.08. The number of aromatic nitrogens is 1. The van der Waals surface area contributed by atoms with Gasteiger partial charge < -0.3 is 0 Å². The lowest BCUT2D eigenvalue weighted by atomic mass is 10.2. The largest absolute Gasteiger partial charge is 0.433 e. The predicted octanol–water partition coefficient (Wildman–Crippen LogP) is 3.57. The Kier molecular flexibility index (Phi) is 4.53. The maximum Gasteiger partial charge on any atom is 0.433 e. The van der Waals surface area contributed by atoms with Crippen molar-refractivity contribution in [3.8, 4) is 0 Å². The van der Waals surface area contributed by atoms with Gasteiger partial charge in [0.25, 0.3) is 0 Å². The van der Waals surface area contributed by atoms with E-state index in [2.05, 4.69) is 4.98 Å². The van der Waals surface area contributed by atoms with E-state index >= 15 is 0 Å². The van der Waals surface area contributed by atoms with Crippen molar-refractivity contribution in [2.75, 3.05) is 0 Å². The molecule has 0 bridgehead atoms. The quantitative estimate of drug-likeness (QED) is 0.470. The van der Waals surface area contributed by atoms with E-state index in [1.807, 2.05) is 13.8 Å². The van der Waals surface area contributed by atoms with Crippen LogP contribution in [0.2, 0.25) is 0 Å². The van der Waals surface area contributed by atoms with Crippen LogP contribution in [0.4, 0.5) is 17.6 Å². The van der Waals surface area contributed by atoms with Crippen molar-refractivity contribution in [2.45, 2.75) is 26.9 Å². The van der Waals surface area contributed by atoms with Crippen LogP contribution in [0.25, 0.3) is 0 Å². The first-order valence-electron chi connectivity index (χ1n) is 4.11. The van der Waals surface area contributed by atoms with Crippen molar-refractivity contribution < 1.29 is 17.6 Å². The average Bonchev–Trinajstić information content (AvgIpc) is 2.11. The molecule has 0 saturated heterocycles. The molecule has 0 aliphatic heterocycles. The lowest BCUT2D eigenvalue weighted by molar-refractivity contribution is -0.141. The van der Waals surface area contributed by atoms with Crippen molar-refractivity contribution in [2.24, 2.45) is 0 Å². The minimum Gasteiger partial charge on any atom is -0.215 e. The molecule has 1 heterocycles. The van der Waals surface area contributed by atoms with Crippen LogP contribution >= 0.6 is 0 Å². The fourth-order valence-electron chi connectivity index (χ4n) is 0.662. The summed E-state index contributed by atoms with van der Waals surface area (Å²) in [4.78, 5) is 2.75. The van der Waals surface area contributed by atoms with Crippen molar-refractivity contribution in [3.63, 3.8) is 0 Å². The summed E-state index contributed by atoms with van der Waals surface area (Å²) in [5.41, 5.74) is -1.10. The molecule has 5 heteroatoms. The van der Waals surface area contributed by atoms with Gasteiger partial charge in [0.2, 0.25) is 5.95 Å². The van der Waals surface area contributed by atoms with Gasteiger partial charge in [0, 0.05) is 5.56 Å². The van der Waals surface area contributed by atoms with Gasteiger partial charge in [0.1, 0.15) is 5.69 Å². The van der Waals surface area contributed by atoms with Crippen LogP contribution in [0.1, 0.15) is 25.1 Å². The second kappa shape index (κ2) is 4.93. The Morgan fingerprint density at radius 1 is 1.14 bits per heavy atom. The number of pyridine rings is 1. The van der Waals surface area contributed by atoms with Crippen molar-refractivity contribution in [1.82, 2.24) is 4.98 Å². The summed E-state index contributed by atoms with van der Waals surface area (Å²) in [5, 5.41) is 0. The third kappa shape index (κ3) is 3.32. The van der Waals surface area contributed by atoms with E-state index in [-0.39, 0.29) is 5.56 Å². The Balaban J connectivity index is 0.000000791. The number of aryl methyl sites for hydroxylation is 1. The van der Waals surface area contributed by atoms with Crippen LogP contribution in [-0.2, 0) is 6.18 Å². The van der Waals surface area contributed by atoms with Crippen LogP contribution in [0, 0.1) is 12.9 Å². The maximum absolute atomic E-state index is 12.5. The summed E-state index contributed by atoms with van der Waals surface area (Å²) in [6, 6.07) is 1.80. The highest BCUT2D eigenvalue weighted by Crippen LogP contribution is 2.27. The van der Waals surface area contributed by atoms with Gasteiger partial charge >= 0.3 is 6.18 Å². The molecule has 0 atom stereocenters. The lowest BCUT2D eigenvalue weighted by Crippen LogP contribution is -2.09. The van der Waals surface area contributed by atoms with E-state index in [0.717, 1.165) is 12.1 Å². The van der Waals surface area contributed by atoms with E-state index in [1.54, 1.807) is 0 Å². The van der Waals surface area contributed by atoms with Gasteiger partial charge in [-0.05, 0) is 13.0 Å². The summed E-state index contributed by atoms with van der Waals surface area (Å²) in [6.07, 6.45) is -4.57. The number of hydrogen-bond acceptors (Lipinski definition) is 1. The Hall–Kier alpha value is -1.13. The fraction of sp³-hybridized carbons (Fsp3) is 0.444. The highest BCUT2D eigenvalue weighted by atomic mass is 19.4. The van der Waals surface area contributed by atoms with Crippen molar-refractivity contribution in [1.29, 1.82) is 0 Å². The molecule has 80 valence electrons. The van der Waals surface area contributed by atoms with Crippen molar-refractivity contribution in [3.05, 3.63) is 29.3 Å². The summed E-state index contributed by atoms with van der Waals surface area (Å²) >= 11 is 0. The van der Waals surface area contributed by atoms with Gasteiger partial charge in [-0.15, -0.1) is 0 Å². The number of nitrogens with zero attached hydrogens (tertiary/aromatic N) is 1. The molecule has 0 unspecified atom stereocenters. The van der Waals surface area contributed by atoms with Crippen LogP contribution < -0.4 is 0 Å². The Labute approximate surface area is 79.8 Å². The molecular formula is C9H11F4N. The number of rotatable bonds is 0. The van der Waals surface area contributed by atoms with E-state index in [1.165, 1.54) is 6.92 Å². The predicted molar refractivity (Wildman–Crippen MR) is 45.3 cm³/mol. The third-order valence-electron chi connectivity index (χ3n) is 1.33. The summed E-state index contributed by atoms with van der Waals surface area (Å²) < 4.78 is 48.1. The molecule has 0 radical (unpaired) electrons. The van der Waals surface area contributed by atoms with Gasteiger partial charge in [0.15, 0.2) is 0 Å². The standard InChI is InChI=1S/C7H5F4N.C2H6/c1-4-2-3-5(7(9,10)11)12-6(4)8;1-2/h2-3H,1H3;1-2H3. The maximum atomic E-state index is 12.5. The van der Waals surface area contributed by atoms with Crippen LogP contribution in [0.3, 0.4) is 0 Å².